The van der Waals surface area contributed by atoms with E-state index in [9.17, 15) is 173 Å². The molecule has 1 heterocycles. The maximum absolute atomic E-state index is 13.8. The van der Waals surface area contributed by atoms with Crippen molar-refractivity contribution in [2.45, 2.75) is 188 Å². The number of halogens is 27. The Balaban J connectivity index is 2.93. The largest absolute Gasteiger partial charge is 0.460 e. The van der Waals surface area contributed by atoms with Crippen LogP contribution in [0, 0.1) is 0 Å². The van der Waals surface area contributed by atoms with Crippen molar-refractivity contribution in [3.63, 3.8) is 0 Å². The first-order valence-electron chi connectivity index (χ1n) is 28.4. The van der Waals surface area contributed by atoms with E-state index >= 15 is 0 Å². The molecular formula is C48H63F27N6O15S3. The summed E-state index contributed by atoms with van der Waals surface area (Å²) >= 11 is 0. The van der Waals surface area contributed by atoms with Gasteiger partial charge in [0.05, 0.1) is 34.5 Å². The zero-order valence-corrected chi connectivity index (χ0v) is 53.1. The van der Waals surface area contributed by atoms with Crippen molar-refractivity contribution in [2.75, 3.05) is 74.0 Å². The van der Waals surface area contributed by atoms with Gasteiger partial charge in [-0.15, -0.1) is 0 Å². The maximum atomic E-state index is 13.8. The van der Waals surface area contributed by atoms with Crippen LogP contribution < -0.4 is 33.0 Å². The number of alkyl halides is 27. The molecule has 51 heteroatoms. The lowest BCUT2D eigenvalue weighted by molar-refractivity contribution is -0.396. The molecule has 0 radical (unpaired) electrons. The molecular weight excluding hydrogens is 1510 g/mol. The van der Waals surface area contributed by atoms with E-state index in [0.717, 1.165) is 0 Å². The number of aromatic nitrogens is 3. The summed E-state index contributed by atoms with van der Waals surface area (Å²) in [6, 6.07) is 0. The fourth-order valence-electron chi connectivity index (χ4n) is 7.86. The summed E-state index contributed by atoms with van der Waals surface area (Å²) in [5.74, 6) is -71.9. The number of unbranched alkanes of at least 4 members (excludes halogenated alkanes) is 9. The number of nitrogens with one attached hydrogen (secondary N) is 3. The van der Waals surface area contributed by atoms with Gasteiger partial charge in [-0.25, -0.2) is 67.7 Å². The molecule has 0 aromatic carbocycles. The van der Waals surface area contributed by atoms with Crippen molar-refractivity contribution in [1.82, 2.24) is 29.7 Å². The van der Waals surface area contributed by atoms with Crippen LogP contribution >= 0.6 is 0 Å². The molecule has 0 spiro atoms. The van der Waals surface area contributed by atoms with E-state index in [1.807, 2.05) is 0 Å². The Morgan fingerprint density at radius 2 is 0.485 bits per heavy atom. The average Bonchev–Trinajstić information content (AvgIpc) is 0.761. The summed E-state index contributed by atoms with van der Waals surface area (Å²) in [6.07, 6.45) is -32.2. The highest BCUT2D eigenvalue weighted by Gasteiger charge is 2.83. The SMILES string of the molecule is O=C(NCCCCCCn1c(=O)n(CCCCCCNC(=O)OCCS(=O)(=O)CCC(F)(F)C(F)(F)C(F)(F)C(F)(F)F)c(=O)n(CCCCCCNC(=O)OCCS(=O)(=O)CCC(F)(F)C(F)(F)C(F)(F)C(F)(F)F)c1=O)OCCS(=O)(=O)CCC(F)(F)C(F)(F)C(F)(F)C(F)(F)F. The number of amides is 3. The number of carbonyl (C=O) groups excluding carboxylic acids is 3. The first-order chi connectivity index (χ1) is 44.6. The minimum atomic E-state index is -7.26. The number of alkyl carbamates (subject to hydrolysis) is 3. The second-order valence-electron chi connectivity index (χ2n) is 21.5. The van der Waals surface area contributed by atoms with Crippen LogP contribution in [0.1, 0.15) is 96.3 Å². The van der Waals surface area contributed by atoms with Crippen LogP contribution in [-0.4, -0.2) is 203 Å². The van der Waals surface area contributed by atoms with Crippen LogP contribution in [0.25, 0.3) is 0 Å². The first-order valence-corrected chi connectivity index (χ1v) is 33.9. The normalized spacial score (nSPS) is 14.1. The minimum Gasteiger partial charge on any atom is -0.448 e. The lowest BCUT2D eigenvalue weighted by atomic mass is 10.0. The molecule has 3 N–H and O–H groups in total. The van der Waals surface area contributed by atoms with Crippen LogP contribution in [0.5, 0.6) is 0 Å². The number of carbonyl (C=O) groups is 3. The lowest BCUT2D eigenvalue weighted by Crippen LogP contribution is -2.61. The van der Waals surface area contributed by atoms with Gasteiger partial charge >= 0.3 is 107 Å². The highest BCUT2D eigenvalue weighted by Crippen LogP contribution is 2.57. The summed E-state index contributed by atoms with van der Waals surface area (Å²) in [5.41, 5.74) is -3.34. The van der Waals surface area contributed by atoms with Crippen LogP contribution in [0.15, 0.2) is 14.4 Å². The molecule has 1 aromatic rings. The van der Waals surface area contributed by atoms with Gasteiger partial charge in [0.2, 0.25) is 0 Å². The second kappa shape index (κ2) is 35.4. The van der Waals surface area contributed by atoms with Crippen molar-refractivity contribution in [3.8, 4) is 0 Å². The molecule has 99 heavy (non-hydrogen) atoms. The van der Waals surface area contributed by atoms with E-state index in [-0.39, 0.29) is 116 Å². The molecule has 0 atom stereocenters. The van der Waals surface area contributed by atoms with Crippen LogP contribution in [0.2, 0.25) is 0 Å². The predicted molar refractivity (Wildman–Crippen MR) is 285 cm³/mol. The highest BCUT2D eigenvalue weighted by atomic mass is 32.2. The van der Waals surface area contributed by atoms with Gasteiger partial charge < -0.3 is 30.2 Å². The molecule has 0 saturated heterocycles. The molecule has 582 valence electrons. The number of nitrogens with zero attached hydrogens (tertiary/aromatic N) is 3. The van der Waals surface area contributed by atoms with Crippen molar-refractivity contribution >= 4 is 47.8 Å². The van der Waals surface area contributed by atoms with Crippen LogP contribution in [0.4, 0.5) is 133 Å². The summed E-state index contributed by atoms with van der Waals surface area (Å²) in [6.45, 7) is -5.22. The topological polar surface area (TPSA) is 283 Å². The first kappa shape index (κ1) is 91.2. The molecule has 0 fully saturated rings. The van der Waals surface area contributed by atoms with Gasteiger partial charge in [-0.3, -0.25) is 0 Å². The van der Waals surface area contributed by atoms with Crippen LogP contribution in [0.3, 0.4) is 0 Å². The van der Waals surface area contributed by atoms with Crippen LogP contribution in [-0.2, 0) is 63.4 Å². The van der Waals surface area contributed by atoms with E-state index < -0.39 is 210 Å². The Bertz CT molecular complexity index is 2970. The van der Waals surface area contributed by atoms with Gasteiger partial charge in [0.1, 0.15) is 19.8 Å². The quantitative estimate of drug-likeness (QED) is 0.0311. The van der Waals surface area contributed by atoms with E-state index in [4.69, 9.17) is 0 Å². The Morgan fingerprint density at radius 3 is 0.677 bits per heavy atom. The third-order valence-corrected chi connectivity index (χ3v) is 18.7. The lowest BCUT2D eigenvalue weighted by Gasteiger charge is -2.33. The van der Waals surface area contributed by atoms with Gasteiger partial charge in [-0.2, -0.15) is 119 Å². The zero-order valence-electron chi connectivity index (χ0n) is 50.6. The zero-order chi connectivity index (χ0) is 77.2. The van der Waals surface area contributed by atoms with Gasteiger partial charge in [-0.1, -0.05) is 38.5 Å². The van der Waals surface area contributed by atoms with Crippen molar-refractivity contribution in [3.05, 3.63) is 31.5 Å². The highest BCUT2D eigenvalue weighted by molar-refractivity contribution is 7.91. The summed E-state index contributed by atoms with van der Waals surface area (Å²) in [4.78, 5) is 76.7. The number of hydrogen-bond acceptors (Lipinski definition) is 15. The standard InChI is InChI=1S/C48H63F27N6O15S3/c49-37(50,40(55,56)43(61,62)46(67,68)69)13-25-97(88,89)28-22-94-31(82)76-16-7-1-4-10-19-79-34(85)80(20-11-5-2-8-17-77-32(83)95-23-29-98(90,91)26-14-38(51,52)41(57,58)44(63,64)47(70,71)72)36(87)81(35(79)86)21-12-6-3-9-18-78-33(84)96-24-30-99(92,93)27-15-39(53,54)42(59,60)45(65,66)48(73,74)75/h1-30H2,(H,76,82)(H,77,83)(H,78,84). The van der Waals surface area contributed by atoms with Crippen molar-refractivity contribution in [2.24, 2.45) is 0 Å². The number of hydrogen-bond donors (Lipinski definition) is 3. The third-order valence-electron chi connectivity index (χ3n) is 13.8. The molecule has 0 bridgehead atoms. The number of rotatable bonds is 45. The molecule has 21 nitrogen and oxygen atoms in total. The average molecular weight is 1570 g/mol. The summed E-state index contributed by atoms with van der Waals surface area (Å²) in [7, 11) is -14.8. The number of ether oxygens (including phenoxy) is 3. The monoisotopic (exact) mass is 1570 g/mol. The molecule has 0 aliphatic rings. The Kier molecular flexibility index (Phi) is 32.6. The molecule has 3 amide bonds. The van der Waals surface area contributed by atoms with Crippen molar-refractivity contribution < 1.29 is 172 Å². The van der Waals surface area contributed by atoms with Crippen molar-refractivity contribution in [1.29, 1.82) is 0 Å². The molecule has 0 aliphatic heterocycles. The maximum Gasteiger partial charge on any atom is 0.460 e. The van der Waals surface area contributed by atoms with Gasteiger partial charge in [-0.05, 0) is 38.5 Å². The van der Waals surface area contributed by atoms with Gasteiger partial charge in [0.15, 0.2) is 29.5 Å². The fourth-order valence-corrected chi connectivity index (χ4v) is 11.2. The third kappa shape index (κ3) is 25.6. The second-order valence-corrected chi connectivity index (χ2v) is 28.4. The molecule has 0 saturated carbocycles. The van der Waals surface area contributed by atoms with E-state index in [2.05, 4.69) is 30.2 Å². The number of sulfone groups is 3. The molecule has 1 rings (SSSR count). The fraction of sp³-hybridized carbons (Fsp3) is 0.875. The smallest absolute Gasteiger partial charge is 0.448 e. The molecule has 0 unspecified atom stereocenters. The Hall–Kier alpha value is -5.82. The van der Waals surface area contributed by atoms with Gasteiger partial charge in [0.25, 0.3) is 0 Å². The molecule has 0 aliphatic carbocycles. The van der Waals surface area contributed by atoms with E-state index in [1.165, 1.54) is 0 Å². The Morgan fingerprint density at radius 1 is 0.293 bits per heavy atom. The summed E-state index contributed by atoms with van der Waals surface area (Å²) in [5, 5.41) is 6.36. The van der Waals surface area contributed by atoms with E-state index in [1.54, 1.807) is 0 Å². The predicted octanol–water partition coefficient (Wildman–Crippen LogP) is 9.85. The van der Waals surface area contributed by atoms with E-state index in [0.29, 0.717) is 13.7 Å². The summed E-state index contributed by atoms with van der Waals surface area (Å²) < 4.78 is 441. The molecule has 1 aromatic heterocycles. The Labute approximate surface area is 541 Å². The van der Waals surface area contributed by atoms with Gasteiger partial charge in [0, 0.05) is 58.5 Å². The minimum absolute atomic E-state index is 0.0159.